The highest BCUT2D eigenvalue weighted by Crippen LogP contribution is 2.27. The van der Waals surface area contributed by atoms with Gasteiger partial charge in [0.2, 0.25) is 0 Å². The summed E-state index contributed by atoms with van der Waals surface area (Å²) in [7, 11) is 0. The zero-order valence-electron chi connectivity index (χ0n) is 11.8. The number of carbonyl (C=O) groups excluding carboxylic acids is 1. The molecule has 1 saturated heterocycles. The summed E-state index contributed by atoms with van der Waals surface area (Å²) < 4.78 is 6.50. The average Bonchev–Trinajstić information content (AvgIpc) is 2.36. The van der Waals surface area contributed by atoms with Crippen molar-refractivity contribution >= 4 is 33.5 Å². The van der Waals surface area contributed by atoms with Gasteiger partial charge in [-0.2, -0.15) is 0 Å². The molecular weight excluding hydrogens is 342 g/mol. The van der Waals surface area contributed by atoms with Crippen molar-refractivity contribution in [2.45, 2.75) is 38.7 Å². The van der Waals surface area contributed by atoms with E-state index in [0.717, 1.165) is 41.5 Å². The Labute approximate surface area is 133 Å². The van der Waals surface area contributed by atoms with Crippen LogP contribution in [-0.2, 0) is 16.0 Å². The van der Waals surface area contributed by atoms with Crippen molar-refractivity contribution in [3.63, 3.8) is 0 Å². The number of piperidine rings is 1. The summed E-state index contributed by atoms with van der Waals surface area (Å²) >= 11 is 9.46. The normalized spacial score (nSPS) is 22.6. The smallest absolute Gasteiger partial charge is 0.310 e. The molecule has 2 rings (SSSR count). The number of carbonyl (C=O) groups is 1. The first-order valence-corrected chi connectivity index (χ1v) is 7.94. The van der Waals surface area contributed by atoms with E-state index in [4.69, 9.17) is 16.3 Å². The molecule has 0 bridgehead atoms. The lowest BCUT2D eigenvalue weighted by atomic mass is 9.96. The maximum absolute atomic E-state index is 12.1. The molecule has 1 aliphatic rings. The Balaban J connectivity index is 2.03. The van der Waals surface area contributed by atoms with Crippen molar-refractivity contribution in [1.29, 1.82) is 0 Å². The van der Waals surface area contributed by atoms with Crippen LogP contribution in [-0.4, -0.2) is 24.7 Å². The van der Waals surface area contributed by atoms with Crippen LogP contribution in [0.25, 0.3) is 0 Å². The molecule has 1 N–H and O–H groups in total. The quantitative estimate of drug-likeness (QED) is 0.836. The van der Waals surface area contributed by atoms with E-state index in [1.807, 2.05) is 26.0 Å². The molecular formula is C15H19BrClNO2. The molecule has 1 unspecified atom stereocenters. The summed E-state index contributed by atoms with van der Waals surface area (Å²) in [5.74, 6) is -0.197. The van der Waals surface area contributed by atoms with Gasteiger partial charge in [0.05, 0.1) is 11.4 Å². The van der Waals surface area contributed by atoms with Gasteiger partial charge in [-0.3, -0.25) is 4.79 Å². The summed E-state index contributed by atoms with van der Waals surface area (Å²) in [6.45, 7) is 5.67. The molecule has 0 radical (unpaired) electrons. The number of halogens is 2. The number of hydrogen-bond acceptors (Lipinski definition) is 3. The minimum absolute atomic E-state index is 0.197. The van der Waals surface area contributed by atoms with E-state index in [-0.39, 0.29) is 18.0 Å². The molecule has 0 aromatic heterocycles. The highest BCUT2D eigenvalue weighted by molar-refractivity contribution is 9.10. The zero-order valence-corrected chi connectivity index (χ0v) is 14.1. The number of hydrogen-bond donors (Lipinski definition) is 1. The molecule has 1 heterocycles. The summed E-state index contributed by atoms with van der Waals surface area (Å²) in [5, 5.41) is 3.88. The van der Waals surface area contributed by atoms with Crippen molar-refractivity contribution < 1.29 is 9.53 Å². The minimum atomic E-state index is -0.387. The SMILES string of the molecule is Cc1cc(Br)c(Cl)cc1CC(=O)OC1(C)CCCNC1. The fraction of sp³-hybridized carbons (Fsp3) is 0.533. The van der Waals surface area contributed by atoms with Crippen molar-refractivity contribution in [1.82, 2.24) is 5.32 Å². The van der Waals surface area contributed by atoms with Crippen molar-refractivity contribution in [2.75, 3.05) is 13.1 Å². The Bertz CT molecular complexity index is 513. The molecule has 1 fully saturated rings. The fourth-order valence-electron chi connectivity index (χ4n) is 2.46. The predicted octanol–water partition coefficient (Wildman–Crippen LogP) is 3.64. The first-order valence-electron chi connectivity index (χ1n) is 6.77. The second-order valence-corrected chi connectivity index (χ2v) is 6.84. The van der Waals surface area contributed by atoms with E-state index in [1.165, 1.54) is 0 Å². The molecule has 0 amide bonds. The van der Waals surface area contributed by atoms with E-state index >= 15 is 0 Å². The standard InChI is InChI=1S/C15H19BrClNO2/c1-10-6-12(16)13(17)7-11(10)8-14(19)20-15(2)4-3-5-18-9-15/h6-7,18H,3-5,8-9H2,1-2H3. The number of rotatable bonds is 3. The van der Waals surface area contributed by atoms with Gasteiger partial charge in [-0.25, -0.2) is 0 Å². The van der Waals surface area contributed by atoms with Crippen molar-refractivity contribution in [3.05, 3.63) is 32.8 Å². The van der Waals surface area contributed by atoms with Crippen LogP contribution >= 0.6 is 27.5 Å². The predicted molar refractivity (Wildman–Crippen MR) is 84.2 cm³/mol. The van der Waals surface area contributed by atoms with E-state index < -0.39 is 0 Å². The second kappa shape index (κ2) is 6.46. The Hall–Kier alpha value is -0.580. The van der Waals surface area contributed by atoms with Crippen LogP contribution < -0.4 is 5.32 Å². The highest BCUT2D eigenvalue weighted by atomic mass is 79.9. The summed E-state index contributed by atoms with van der Waals surface area (Å²) in [5.41, 5.74) is 1.56. The Kier molecular flexibility index (Phi) is 5.10. The van der Waals surface area contributed by atoms with Crippen LogP contribution in [0.2, 0.25) is 5.02 Å². The van der Waals surface area contributed by atoms with Gasteiger partial charge in [0.1, 0.15) is 5.60 Å². The van der Waals surface area contributed by atoms with Gasteiger partial charge in [0, 0.05) is 11.0 Å². The Morgan fingerprint density at radius 2 is 2.30 bits per heavy atom. The lowest BCUT2D eigenvalue weighted by molar-refractivity contribution is -0.158. The van der Waals surface area contributed by atoms with Crippen molar-refractivity contribution in [3.8, 4) is 0 Å². The molecule has 0 spiro atoms. The molecule has 1 atom stereocenters. The topological polar surface area (TPSA) is 38.3 Å². The van der Waals surface area contributed by atoms with Crippen LogP contribution in [0.3, 0.4) is 0 Å². The molecule has 1 aromatic rings. The third-order valence-electron chi connectivity index (χ3n) is 3.63. The number of ether oxygens (including phenoxy) is 1. The van der Waals surface area contributed by atoms with Gasteiger partial charge in [-0.1, -0.05) is 11.6 Å². The average molecular weight is 361 g/mol. The van der Waals surface area contributed by atoms with Gasteiger partial charge >= 0.3 is 5.97 Å². The largest absolute Gasteiger partial charge is 0.458 e. The summed E-state index contributed by atoms with van der Waals surface area (Å²) in [6.07, 6.45) is 2.20. The fourth-order valence-corrected chi connectivity index (χ4v) is 3.10. The molecule has 110 valence electrons. The third-order valence-corrected chi connectivity index (χ3v) is 4.83. The van der Waals surface area contributed by atoms with E-state index in [2.05, 4.69) is 21.2 Å². The summed E-state index contributed by atoms with van der Waals surface area (Å²) in [6, 6.07) is 3.75. The first kappa shape index (κ1) is 15.8. The molecule has 1 aliphatic heterocycles. The maximum atomic E-state index is 12.1. The van der Waals surface area contributed by atoms with Crippen LogP contribution in [0.15, 0.2) is 16.6 Å². The molecule has 5 heteroatoms. The van der Waals surface area contributed by atoms with Crippen LogP contribution in [0.4, 0.5) is 0 Å². The highest BCUT2D eigenvalue weighted by Gasteiger charge is 2.30. The second-order valence-electron chi connectivity index (χ2n) is 5.57. The van der Waals surface area contributed by atoms with Gasteiger partial charge < -0.3 is 10.1 Å². The van der Waals surface area contributed by atoms with E-state index in [0.29, 0.717) is 5.02 Å². The number of benzene rings is 1. The van der Waals surface area contributed by atoms with Crippen LogP contribution in [0, 0.1) is 6.92 Å². The summed E-state index contributed by atoms with van der Waals surface area (Å²) in [4.78, 5) is 12.1. The van der Waals surface area contributed by atoms with E-state index in [1.54, 1.807) is 0 Å². The maximum Gasteiger partial charge on any atom is 0.310 e. The van der Waals surface area contributed by atoms with Crippen LogP contribution in [0.5, 0.6) is 0 Å². The Morgan fingerprint density at radius 3 is 2.95 bits per heavy atom. The van der Waals surface area contributed by atoms with Crippen molar-refractivity contribution in [2.24, 2.45) is 0 Å². The lowest BCUT2D eigenvalue weighted by Crippen LogP contribution is -2.46. The number of nitrogens with one attached hydrogen (secondary N) is 1. The minimum Gasteiger partial charge on any atom is -0.458 e. The van der Waals surface area contributed by atoms with Crippen LogP contribution in [0.1, 0.15) is 30.9 Å². The monoisotopic (exact) mass is 359 g/mol. The molecule has 20 heavy (non-hydrogen) atoms. The van der Waals surface area contributed by atoms with Gasteiger partial charge in [-0.15, -0.1) is 0 Å². The lowest BCUT2D eigenvalue weighted by Gasteiger charge is -2.33. The number of aryl methyl sites for hydroxylation is 1. The molecule has 0 aliphatic carbocycles. The van der Waals surface area contributed by atoms with Gasteiger partial charge in [0.25, 0.3) is 0 Å². The Morgan fingerprint density at radius 1 is 1.55 bits per heavy atom. The zero-order chi connectivity index (χ0) is 14.8. The molecule has 0 saturated carbocycles. The third kappa shape index (κ3) is 3.96. The molecule has 1 aromatic carbocycles. The number of esters is 1. The van der Waals surface area contributed by atoms with Gasteiger partial charge in [-0.05, 0) is 72.4 Å². The molecule has 3 nitrogen and oxygen atoms in total. The first-order chi connectivity index (χ1) is 9.39. The van der Waals surface area contributed by atoms with Gasteiger partial charge in [0.15, 0.2) is 0 Å². The van der Waals surface area contributed by atoms with E-state index in [9.17, 15) is 4.79 Å².